The molecule has 1 aromatic carbocycles. The fraction of sp³-hybridized carbons (Fsp3) is 0.379. The maximum absolute atomic E-state index is 13.9. The maximum atomic E-state index is 13.9. The van der Waals surface area contributed by atoms with Gasteiger partial charge in [0.2, 0.25) is 11.8 Å². The quantitative estimate of drug-likeness (QED) is 0.244. The summed E-state index contributed by atoms with van der Waals surface area (Å²) in [6, 6.07) is 4.41. The number of hydrogen-bond acceptors (Lipinski definition) is 8. The first-order valence-corrected chi connectivity index (χ1v) is 13.1. The molecular weight excluding hydrogens is 578 g/mol. The van der Waals surface area contributed by atoms with Crippen molar-refractivity contribution >= 4 is 5.70 Å². The molecule has 1 aliphatic rings. The number of nitrogens with zero attached hydrogens (tertiary/aromatic N) is 5. The van der Waals surface area contributed by atoms with E-state index in [1.807, 2.05) is 0 Å². The van der Waals surface area contributed by atoms with Crippen LogP contribution in [0, 0.1) is 0 Å². The van der Waals surface area contributed by atoms with Gasteiger partial charge in [0, 0.05) is 36.6 Å². The highest BCUT2D eigenvalue weighted by molar-refractivity contribution is 5.66. The van der Waals surface area contributed by atoms with Gasteiger partial charge in [-0.2, -0.15) is 31.3 Å². The average Bonchev–Trinajstić information content (AvgIpc) is 3.81. The van der Waals surface area contributed by atoms with E-state index in [1.165, 1.54) is 32.4 Å². The topological polar surface area (TPSA) is 85.3 Å². The zero-order valence-corrected chi connectivity index (χ0v) is 23.8. The van der Waals surface area contributed by atoms with E-state index in [0.29, 0.717) is 28.1 Å². The van der Waals surface area contributed by atoms with E-state index in [4.69, 9.17) is 9.47 Å². The highest BCUT2D eigenvalue weighted by Crippen LogP contribution is 2.45. The molecule has 3 aromatic rings. The first-order chi connectivity index (χ1) is 20.2. The summed E-state index contributed by atoms with van der Waals surface area (Å²) in [5.74, 6) is 0.0972. The van der Waals surface area contributed by atoms with Crippen LogP contribution in [0.15, 0.2) is 55.1 Å². The summed E-state index contributed by atoms with van der Waals surface area (Å²) in [4.78, 5) is 18.3. The Morgan fingerprint density at radius 3 is 2.33 bits per heavy atom. The van der Waals surface area contributed by atoms with E-state index in [1.54, 1.807) is 24.3 Å². The Morgan fingerprint density at radius 1 is 1.09 bits per heavy atom. The molecule has 2 aromatic heterocycles. The van der Waals surface area contributed by atoms with Crippen molar-refractivity contribution in [2.45, 2.75) is 50.7 Å². The lowest BCUT2D eigenvalue weighted by Gasteiger charge is -2.22. The van der Waals surface area contributed by atoms with Gasteiger partial charge in [-0.15, -0.1) is 0 Å². The van der Waals surface area contributed by atoms with Gasteiger partial charge in [0.25, 0.3) is 0 Å². The van der Waals surface area contributed by atoms with E-state index in [2.05, 4.69) is 31.8 Å². The van der Waals surface area contributed by atoms with Gasteiger partial charge in [0.15, 0.2) is 5.82 Å². The monoisotopic (exact) mass is 608 g/mol. The van der Waals surface area contributed by atoms with Crippen LogP contribution in [-0.4, -0.2) is 58.4 Å². The number of benzene rings is 1. The minimum Gasteiger partial charge on any atom is -0.480 e. The standard InChI is InChI=1S/C29H30F6N6O2/c1-16(28(30,31)32)13-41(4)17(2)19-8-6-18(7-9-19)14-43-26-21(24(36-3)29(33,34)35)12-37-25(40-26)22-23(20-10-11-20)38-15-39-27(22)42-5/h6-9,12-13,15,20,24,36H,2,10-11,14H2,1,3-5H3/b16-13+. The van der Waals surface area contributed by atoms with Crippen LogP contribution in [0.1, 0.15) is 54.1 Å². The third-order valence-corrected chi connectivity index (χ3v) is 6.85. The van der Waals surface area contributed by atoms with Crippen molar-refractivity contribution in [3.8, 4) is 23.1 Å². The number of methoxy groups -OCH3 is 1. The van der Waals surface area contributed by atoms with Gasteiger partial charge in [-0.05, 0) is 37.9 Å². The average molecular weight is 609 g/mol. The molecule has 0 amide bonds. The maximum Gasteiger partial charge on any atom is 0.413 e. The van der Waals surface area contributed by atoms with Gasteiger partial charge in [-0.3, -0.25) is 0 Å². The Bertz CT molecular complexity index is 1490. The number of alkyl halides is 6. The Hall–Kier alpha value is -4.20. The van der Waals surface area contributed by atoms with E-state index < -0.39 is 24.0 Å². The lowest BCUT2D eigenvalue weighted by atomic mass is 10.1. The van der Waals surface area contributed by atoms with Crippen LogP contribution in [0.3, 0.4) is 0 Å². The highest BCUT2D eigenvalue weighted by atomic mass is 19.4. The minimum atomic E-state index is -4.67. The van der Waals surface area contributed by atoms with Crippen molar-refractivity contribution < 1.29 is 35.8 Å². The molecule has 0 aliphatic heterocycles. The Labute approximate surface area is 244 Å². The molecule has 1 aliphatic carbocycles. The van der Waals surface area contributed by atoms with Crippen molar-refractivity contribution in [3.63, 3.8) is 0 Å². The molecule has 1 saturated carbocycles. The van der Waals surface area contributed by atoms with E-state index in [0.717, 1.165) is 32.2 Å². The predicted molar refractivity (Wildman–Crippen MR) is 147 cm³/mol. The molecule has 1 unspecified atom stereocenters. The Balaban J connectivity index is 1.63. The van der Waals surface area contributed by atoms with Gasteiger partial charge in [0.1, 0.15) is 24.5 Å². The van der Waals surface area contributed by atoms with Gasteiger partial charge in [-0.1, -0.05) is 30.8 Å². The second-order valence-electron chi connectivity index (χ2n) is 9.99. The van der Waals surface area contributed by atoms with Gasteiger partial charge in [-0.25, -0.2) is 15.0 Å². The summed E-state index contributed by atoms with van der Waals surface area (Å²) < 4.78 is 91.7. The highest BCUT2D eigenvalue weighted by Gasteiger charge is 2.42. The van der Waals surface area contributed by atoms with E-state index in [-0.39, 0.29) is 35.7 Å². The number of rotatable bonds is 11. The number of ether oxygens (including phenoxy) is 2. The number of halogens is 6. The molecule has 0 spiro atoms. The molecule has 43 heavy (non-hydrogen) atoms. The van der Waals surface area contributed by atoms with Crippen molar-refractivity contribution in [2.75, 3.05) is 21.2 Å². The number of allylic oxidation sites excluding steroid dienone is 1. The fourth-order valence-electron chi connectivity index (χ4n) is 4.31. The lowest BCUT2D eigenvalue weighted by molar-refractivity contribution is -0.156. The molecular formula is C29H30F6N6O2. The fourth-order valence-corrected chi connectivity index (χ4v) is 4.31. The molecule has 4 rings (SSSR count). The smallest absolute Gasteiger partial charge is 0.413 e. The van der Waals surface area contributed by atoms with Crippen molar-refractivity contribution in [1.29, 1.82) is 0 Å². The first-order valence-electron chi connectivity index (χ1n) is 13.1. The number of aromatic nitrogens is 4. The number of nitrogens with one attached hydrogen (secondary N) is 1. The molecule has 0 radical (unpaired) electrons. The van der Waals surface area contributed by atoms with Crippen LogP contribution >= 0.6 is 0 Å². The first kappa shape index (κ1) is 31.7. The molecule has 1 atom stereocenters. The predicted octanol–water partition coefficient (Wildman–Crippen LogP) is 6.59. The molecule has 1 fully saturated rings. The second-order valence-corrected chi connectivity index (χ2v) is 9.99. The SMILES string of the molecule is C=C(c1ccc(COc2nc(-c3c(OC)ncnc3C3CC3)ncc2C(NC)C(F)(F)F)cc1)N(C)/C=C(\C)C(F)(F)F. The molecule has 1 N–H and O–H groups in total. The second kappa shape index (κ2) is 12.6. The van der Waals surface area contributed by atoms with Crippen LogP contribution in [0.2, 0.25) is 0 Å². The molecule has 0 saturated heterocycles. The van der Waals surface area contributed by atoms with Crippen molar-refractivity contribution in [1.82, 2.24) is 30.2 Å². The summed E-state index contributed by atoms with van der Waals surface area (Å²) in [6.45, 7) is 4.65. The zero-order valence-electron chi connectivity index (χ0n) is 23.8. The molecule has 230 valence electrons. The summed E-state index contributed by atoms with van der Waals surface area (Å²) in [5, 5.41) is 2.25. The van der Waals surface area contributed by atoms with Crippen LogP contribution in [0.5, 0.6) is 11.8 Å². The van der Waals surface area contributed by atoms with Crippen LogP contribution < -0.4 is 14.8 Å². The van der Waals surface area contributed by atoms with Crippen LogP contribution in [0.4, 0.5) is 26.3 Å². The molecule has 14 heteroatoms. The van der Waals surface area contributed by atoms with Crippen LogP contribution in [-0.2, 0) is 6.61 Å². The molecule has 8 nitrogen and oxygen atoms in total. The van der Waals surface area contributed by atoms with Crippen molar-refractivity contribution in [3.05, 3.63) is 77.5 Å². The van der Waals surface area contributed by atoms with Crippen LogP contribution in [0.25, 0.3) is 17.1 Å². The van der Waals surface area contributed by atoms with Gasteiger partial charge in [0.05, 0.1) is 18.4 Å². The molecule has 0 bridgehead atoms. The summed E-state index contributed by atoms with van der Waals surface area (Å²) >= 11 is 0. The van der Waals surface area contributed by atoms with Gasteiger partial charge >= 0.3 is 12.4 Å². The summed E-state index contributed by atoms with van der Waals surface area (Å²) in [7, 11) is 4.03. The normalized spacial score (nSPS) is 14.8. The van der Waals surface area contributed by atoms with Crippen molar-refractivity contribution in [2.24, 2.45) is 0 Å². The summed E-state index contributed by atoms with van der Waals surface area (Å²) in [6.07, 6.45) is -4.00. The Kier molecular flexibility index (Phi) is 9.28. The molecule has 2 heterocycles. The third kappa shape index (κ3) is 7.42. The minimum absolute atomic E-state index is 0.0621. The Morgan fingerprint density at radius 2 is 1.77 bits per heavy atom. The van der Waals surface area contributed by atoms with E-state index >= 15 is 0 Å². The summed E-state index contributed by atoms with van der Waals surface area (Å²) in [5.41, 5.74) is 1.35. The largest absolute Gasteiger partial charge is 0.480 e. The van der Waals surface area contributed by atoms with E-state index in [9.17, 15) is 26.3 Å². The zero-order chi connectivity index (χ0) is 31.5. The lowest BCUT2D eigenvalue weighted by Crippen LogP contribution is -2.32. The number of hydrogen-bond donors (Lipinski definition) is 1. The van der Waals surface area contributed by atoms with Gasteiger partial charge < -0.3 is 19.7 Å². The third-order valence-electron chi connectivity index (χ3n) is 6.85.